The molecule has 3 aromatic heterocycles. The van der Waals surface area contributed by atoms with Gasteiger partial charge in [-0.3, -0.25) is 5.10 Å². The van der Waals surface area contributed by atoms with E-state index < -0.39 is 0 Å². The Labute approximate surface area is 157 Å². The highest BCUT2D eigenvalue weighted by Crippen LogP contribution is 2.23. The zero-order valence-corrected chi connectivity index (χ0v) is 15.1. The highest BCUT2D eigenvalue weighted by Gasteiger charge is 2.19. The number of H-pyrrole nitrogens is 1. The lowest BCUT2D eigenvalue weighted by atomic mass is 10.1. The minimum atomic E-state index is -0.231. The smallest absolute Gasteiger partial charge is 0.156 e. The molecule has 0 spiro atoms. The summed E-state index contributed by atoms with van der Waals surface area (Å²) in [5.74, 6) is 3.50. The molecule has 0 radical (unpaired) electrons. The SMILES string of the molecule is Cc1cc(Nc2cc(N3CCC(O)CC3)nc(/C=C/c3ccco3)n2)n[nH]1. The Bertz CT molecular complexity index is 910. The summed E-state index contributed by atoms with van der Waals surface area (Å²) in [6.07, 6.45) is 6.53. The van der Waals surface area contributed by atoms with Crippen molar-refractivity contribution in [2.24, 2.45) is 0 Å². The highest BCUT2D eigenvalue weighted by atomic mass is 16.3. The molecule has 0 unspecified atom stereocenters. The number of aromatic nitrogens is 4. The number of hydrogen-bond acceptors (Lipinski definition) is 7. The van der Waals surface area contributed by atoms with E-state index in [1.807, 2.05) is 43.3 Å². The molecule has 0 amide bonds. The molecule has 27 heavy (non-hydrogen) atoms. The number of hydrogen-bond donors (Lipinski definition) is 3. The molecule has 0 atom stereocenters. The second-order valence-corrected chi connectivity index (χ2v) is 6.60. The van der Waals surface area contributed by atoms with Gasteiger partial charge in [0.2, 0.25) is 0 Å². The zero-order chi connectivity index (χ0) is 18.6. The topological polar surface area (TPSA) is 103 Å². The van der Waals surface area contributed by atoms with E-state index in [1.165, 1.54) is 0 Å². The molecule has 4 heterocycles. The molecule has 8 heteroatoms. The maximum atomic E-state index is 9.76. The molecular weight excluding hydrogens is 344 g/mol. The molecule has 1 saturated heterocycles. The average Bonchev–Trinajstić information content (AvgIpc) is 3.32. The second-order valence-electron chi connectivity index (χ2n) is 6.60. The van der Waals surface area contributed by atoms with E-state index in [0.29, 0.717) is 17.5 Å². The minimum Gasteiger partial charge on any atom is -0.465 e. The van der Waals surface area contributed by atoms with E-state index in [1.54, 1.807) is 6.26 Å². The van der Waals surface area contributed by atoms with Gasteiger partial charge in [-0.15, -0.1) is 0 Å². The first-order valence-electron chi connectivity index (χ1n) is 8.98. The molecule has 0 bridgehead atoms. The number of aryl methyl sites for hydroxylation is 1. The molecule has 0 aliphatic carbocycles. The molecule has 1 aliphatic heterocycles. The van der Waals surface area contributed by atoms with E-state index in [0.717, 1.165) is 43.2 Å². The van der Waals surface area contributed by atoms with Crippen molar-refractivity contribution in [3.05, 3.63) is 47.8 Å². The Hall–Kier alpha value is -3.13. The first-order valence-corrected chi connectivity index (χ1v) is 8.98. The van der Waals surface area contributed by atoms with Crippen LogP contribution in [-0.4, -0.2) is 44.5 Å². The van der Waals surface area contributed by atoms with Crippen LogP contribution in [0.5, 0.6) is 0 Å². The van der Waals surface area contributed by atoms with Crippen LogP contribution in [0.25, 0.3) is 12.2 Å². The third kappa shape index (κ3) is 4.35. The summed E-state index contributed by atoms with van der Waals surface area (Å²) in [5.41, 5.74) is 0.967. The van der Waals surface area contributed by atoms with Gasteiger partial charge in [0.15, 0.2) is 11.6 Å². The Morgan fingerprint density at radius 1 is 1.22 bits per heavy atom. The van der Waals surface area contributed by atoms with Gasteiger partial charge in [-0.05, 0) is 44.1 Å². The monoisotopic (exact) mass is 366 g/mol. The van der Waals surface area contributed by atoms with Crippen LogP contribution in [0.1, 0.15) is 30.1 Å². The van der Waals surface area contributed by atoms with Crippen LogP contribution in [0.2, 0.25) is 0 Å². The van der Waals surface area contributed by atoms with E-state index in [9.17, 15) is 5.11 Å². The maximum Gasteiger partial charge on any atom is 0.156 e. The summed E-state index contributed by atoms with van der Waals surface area (Å²) in [7, 11) is 0. The van der Waals surface area contributed by atoms with Crippen molar-refractivity contribution in [3.8, 4) is 0 Å². The van der Waals surface area contributed by atoms with E-state index in [-0.39, 0.29) is 6.10 Å². The predicted molar refractivity (Wildman–Crippen MR) is 104 cm³/mol. The van der Waals surface area contributed by atoms with Crippen molar-refractivity contribution in [1.29, 1.82) is 0 Å². The number of rotatable bonds is 5. The van der Waals surface area contributed by atoms with Crippen molar-refractivity contribution >= 4 is 29.6 Å². The summed E-state index contributed by atoms with van der Waals surface area (Å²) in [6, 6.07) is 7.53. The van der Waals surface area contributed by atoms with Gasteiger partial charge in [0.1, 0.15) is 17.4 Å². The molecular formula is C19H22N6O2. The van der Waals surface area contributed by atoms with Crippen molar-refractivity contribution < 1.29 is 9.52 Å². The number of aliphatic hydroxyl groups is 1. The first kappa shape index (κ1) is 17.3. The van der Waals surface area contributed by atoms with Gasteiger partial charge >= 0.3 is 0 Å². The molecule has 3 N–H and O–H groups in total. The van der Waals surface area contributed by atoms with E-state index in [2.05, 4.69) is 30.4 Å². The molecule has 3 aromatic rings. The van der Waals surface area contributed by atoms with Gasteiger partial charge in [0.25, 0.3) is 0 Å². The first-order chi connectivity index (χ1) is 13.2. The number of aromatic amines is 1. The van der Waals surface area contributed by atoms with Gasteiger partial charge < -0.3 is 19.7 Å². The van der Waals surface area contributed by atoms with E-state index >= 15 is 0 Å². The summed E-state index contributed by atoms with van der Waals surface area (Å²) in [4.78, 5) is 11.4. The normalized spacial score (nSPS) is 15.6. The second kappa shape index (κ2) is 7.63. The molecule has 0 aromatic carbocycles. The number of nitrogens with zero attached hydrogens (tertiary/aromatic N) is 4. The average molecular weight is 366 g/mol. The van der Waals surface area contributed by atoms with Crippen LogP contribution in [0.4, 0.5) is 17.5 Å². The number of aliphatic hydroxyl groups excluding tert-OH is 1. The Morgan fingerprint density at radius 2 is 2.07 bits per heavy atom. The largest absolute Gasteiger partial charge is 0.465 e. The fourth-order valence-corrected chi connectivity index (χ4v) is 3.00. The number of nitrogens with one attached hydrogen (secondary N) is 2. The van der Waals surface area contributed by atoms with Crippen LogP contribution >= 0.6 is 0 Å². The summed E-state index contributed by atoms with van der Waals surface area (Å²) in [6.45, 7) is 3.47. The van der Waals surface area contributed by atoms with Gasteiger partial charge in [-0.1, -0.05) is 0 Å². The van der Waals surface area contributed by atoms with Crippen molar-refractivity contribution in [1.82, 2.24) is 20.2 Å². The van der Waals surface area contributed by atoms with Crippen molar-refractivity contribution in [3.63, 3.8) is 0 Å². The zero-order valence-electron chi connectivity index (χ0n) is 15.1. The fraction of sp³-hybridized carbons (Fsp3) is 0.316. The molecule has 1 fully saturated rings. The highest BCUT2D eigenvalue weighted by molar-refractivity contribution is 5.67. The maximum absolute atomic E-state index is 9.76. The van der Waals surface area contributed by atoms with Crippen molar-refractivity contribution in [2.45, 2.75) is 25.9 Å². The number of anilines is 3. The van der Waals surface area contributed by atoms with Gasteiger partial charge in [0, 0.05) is 30.9 Å². The van der Waals surface area contributed by atoms with Gasteiger partial charge in [0.05, 0.1) is 12.4 Å². The van der Waals surface area contributed by atoms with Crippen LogP contribution in [0, 0.1) is 6.92 Å². The lowest BCUT2D eigenvalue weighted by molar-refractivity contribution is 0.145. The summed E-state index contributed by atoms with van der Waals surface area (Å²) >= 11 is 0. The fourth-order valence-electron chi connectivity index (χ4n) is 3.00. The Kier molecular flexibility index (Phi) is 4.88. The summed E-state index contributed by atoms with van der Waals surface area (Å²) in [5, 5.41) is 20.1. The van der Waals surface area contributed by atoms with Gasteiger partial charge in [-0.2, -0.15) is 5.10 Å². The summed E-state index contributed by atoms with van der Waals surface area (Å²) < 4.78 is 5.33. The Balaban J connectivity index is 1.62. The third-order valence-electron chi connectivity index (χ3n) is 4.42. The third-order valence-corrected chi connectivity index (χ3v) is 4.42. The van der Waals surface area contributed by atoms with Crippen LogP contribution in [-0.2, 0) is 0 Å². The number of piperidine rings is 1. The molecule has 1 aliphatic rings. The standard InChI is InChI=1S/C19H22N6O2/c1-13-11-18(24-23-13)21-17-12-19(25-8-6-14(26)7-9-25)22-16(20-17)5-4-15-3-2-10-27-15/h2-5,10-12,14,26H,6-9H2,1H3,(H2,20,21,22,23,24)/b5-4+. The van der Waals surface area contributed by atoms with Crippen LogP contribution < -0.4 is 10.2 Å². The lowest BCUT2D eigenvalue weighted by Crippen LogP contribution is -2.36. The van der Waals surface area contributed by atoms with Gasteiger partial charge in [-0.25, -0.2) is 9.97 Å². The molecule has 8 nitrogen and oxygen atoms in total. The van der Waals surface area contributed by atoms with Crippen LogP contribution in [0.3, 0.4) is 0 Å². The minimum absolute atomic E-state index is 0.231. The predicted octanol–water partition coefficient (Wildman–Crippen LogP) is 2.98. The lowest BCUT2D eigenvalue weighted by Gasteiger charge is -2.30. The number of furan rings is 1. The quantitative estimate of drug-likeness (QED) is 0.638. The molecule has 140 valence electrons. The molecule has 0 saturated carbocycles. The van der Waals surface area contributed by atoms with Crippen molar-refractivity contribution in [2.75, 3.05) is 23.3 Å². The van der Waals surface area contributed by atoms with Crippen LogP contribution in [0.15, 0.2) is 34.9 Å². The molecule has 4 rings (SSSR count). The Morgan fingerprint density at radius 3 is 2.78 bits per heavy atom. The van der Waals surface area contributed by atoms with E-state index in [4.69, 9.17) is 4.42 Å².